The van der Waals surface area contributed by atoms with Crippen molar-refractivity contribution in [3.05, 3.63) is 59.7 Å². The van der Waals surface area contributed by atoms with Crippen molar-refractivity contribution in [3.8, 4) is 11.8 Å². The van der Waals surface area contributed by atoms with Crippen LogP contribution in [0.2, 0.25) is 0 Å². The number of hydrogen-bond donors (Lipinski definition) is 2. The molecule has 3 rings (SSSR count). The third kappa shape index (κ3) is 4.06. The minimum absolute atomic E-state index is 0.323. The molecule has 0 aliphatic carbocycles. The van der Waals surface area contributed by atoms with Crippen LogP contribution in [-0.2, 0) is 6.54 Å². The van der Waals surface area contributed by atoms with Crippen molar-refractivity contribution in [1.82, 2.24) is 10.2 Å². The highest BCUT2D eigenvalue weighted by molar-refractivity contribution is 5.80. The van der Waals surface area contributed by atoms with Crippen LogP contribution in [0.5, 0.6) is 5.75 Å². The van der Waals surface area contributed by atoms with Gasteiger partial charge in [0.15, 0.2) is 5.96 Å². The Hall–Kier alpha value is -3.20. The third-order valence-corrected chi connectivity index (χ3v) is 4.55. The van der Waals surface area contributed by atoms with E-state index in [0.717, 1.165) is 43.4 Å². The van der Waals surface area contributed by atoms with Crippen molar-refractivity contribution in [2.45, 2.75) is 6.54 Å². The summed E-state index contributed by atoms with van der Waals surface area (Å²) in [7, 11) is 1.79. The Morgan fingerprint density at radius 3 is 2.42 bits per heavy atom. The Labute approximate surface area is 154 Å². The number of nitrogens with one attached hydrogen (secondary N) is 1. The summed E-state index contributed by atoms with van der Waals surface area (Å²) in [6.07, 6.45) is 0. The first kappa shape index (κ1) is 17.6. The lowest BCUT2D eigenvalue weighted by molar-refractivity contribution is 0.369. The van der Waals surface area contributed by atoms with Gasteiger partial charge in [0.05, 0.1) is 17.3 Å². The van der Waals surface area contributed by atoms with Gasteiger partial charge in [0.2, 0.25) is 0 Å². The van der Waals surface area contributed by atoms with E-state index in [0.29, 0.717) is 17.9 Å². The largest absolute Gasteiger partial charge is 0.506 e. The third-order valence-electron chi connectivity index (χ3n) is 4.55. The Kier molecular flexibility index (Phi) is 5.59. The quantitative estimate of drug-likeness (QED) is 0.656. The fourth-order valence-electron chi connectivity index (χ4n) is 3.10. The van der Waals surface area contributed by atoms with Gasteiger partial charge in [-0.1, -0.05) is 24.3 Å². The van der Waals surface area contributed by atoms with Crippen LogP contribution in [0, 0.1) is 11.3 Å². The van der Waals surface area contributed by atoms with Crippen LogP contribution in [0.15, 0.2) is 53.5 Å². The average molecular weight is 349 g/mol. The summed E-state index contributed by atoms with van der Waals surface area (Å²) < 4.78 is 0. The summed E-state index contributed by atoms with van der Waals surface area (Å²) in [6, 6.07) is 17.1. The number of phenolic OH excluding ortho intramolecular Hbond substituents is 1. The van der Waals surface area contributed by atoms with E-state index < -0.39 is 0 Å². The molecule has 0 saturated carbocycles. The number of nitriles is 1. The number of anilines is 1. The first-order chi connectivity index (χ1) is 12.7. The van der Waals surface area contributed by atoms with Crippen molar-refractivity contribution in [3.63, 3.8) is 0 Å². The maximum Gasteiger partial charge on any atom is 0.194 e. The molecule has 1 saturated heterocycles. The van der Waals surface area contributed by atoms with Crippen molar-refractivity contribution >= 4 is 11.6 Å². The van der Waals surface area contributed by atoms with Gasteiger partial charge in [0, 0.05) is 39.8 Å². The number of rotatable bonds is 3. The molecule has 0 amide bonds. The summed E-state index contributed by atoms with van der Waals surface area (Å²) in [4.78, 5) is 8.80. The lowest BCUT2D eigenvalue weighted by atomic mass is 10.1. The first-order valence-electron chi connectivity index (χ1n) is 8.69. The minimum atomic E-state index is 0.323. The number of nitrogens with zero attached hydrogens (tertiary/aromatic N) is 4. The van der Waals surface area contributed by atoms with Crippen molar-refractivity contribution in [1.29, 1.82) is 5.26 Å². The van der Waals surface area contributed by atoms with E-state index >= 15 is 0 Å². The monoisotopic (exact) mass is 349 g/mol. The van der Waals surface area contributed by atoms with Gasteiger partial charge in [-0.05, 0) is 29.8 Å². The van der Waals surface area contributed by atoms with Crippen LogP contribution >= 0.6 is 0 Å². The summed E-state index contributed by atoms with van der Waals surface area (Å²) in [5, 5.41) is 22.3. The Bertz CT molecular complexity index is 802. The molecule has 1 fully saturated rings. The van der Waals surface area contributed by atoms with Crippen LogP contribution in [0.3, 0.4) is 0 Å². The number of aliphatic imine (C=N–C) groups is 1. The zero-order valence-corrected chi connectivity index (χ0v) is 14.9. The second-order valence-corrected chi connectivity index (χ2v) is 6.17. The lowest BCUT2D eigenvalue weighted by Gasteiger charge is -2.37. The first-order valence-corrected chi connectivity index (χ1v) is 8.69. The molecule has 1 aliphatic heterocycles. The van der Waals surface area contributed by atoms with E-state index in [9.17, 15) is 5.11 Å². The maximum absolute atomic E-state index is 10.0. The highest BCUT2D eigenvalue weighted by Crippen LogP contribution is 2.27. The normalized spacial score (nSPS) is 14.8. The molecule has 0 unspecified atom stereocenters. The topological polar surface area (TPSA) is 74.9 Å². The smallest absolute Gasteiger partial charge is 0.194 e. The predicted molar refractivity (Wildman–Crippen MR) is 103 cm³/mol. The number of benzene rings is 2. The van der Waals surface area contributed by atoms with Gasteiger partial charge in [-0.15, -0.1) is 0 Å². The average Bonchev–Trinajstić information content (AvgIpc) is 2.70. The number of hydrogen-bond acceptors (Lipinski definition) is 4. The number of guanidine groups is 1. The van der Waals surface area contributed by atoms with Crippen molar-refractivity contribution in [2.75, 3.05) is 38.1 Å². The van der Waals surface area contributed by atoms with Crippen LogP contribution < -0.4 is 10.2 Å². The molecule has 0 aromatic heterocycles. The molecule has 2 aromatic rings. The zero-order valence-electron chi connectivity index (χ0n) is 14.9. The molecule has 0 atom stereocenters. The highest BCUT2D eigenvalue weighted by atomic mass is 16.3. The minimum Gasteiger partial charge on any atom is -0.506 e. The number of piperazine rings is 1. The second-order valence-electron chi connectivity index (χ2n) is 6.17. The van der Waals surface area contributed by atoms with E-state index in [1.165, 1.54) is 0 Å². The zero-order chi connectivity index (χ0) is 18.4. The predicted octanol–water partition coefficient (Wildman–Crippen LogP) is 2.16. The molecule has 0 spiro atoms. The van der Waals surface area contributed by atoms with E-state index in [4.69, 9.17) is 5.26 Å². The van der Waals surface area contributed by atoms with E-state index in [-0.39, 0.29) is 0 Å². The molecular weight excluding hydrogens is 326 g/mol. The van der Waals surface area contributed by atoms with Gasteiger partial charge in [-0.25, -0.2) is 0 Å². The SMILES string of the molecule is CN=C(NCc1ccc(C#N)cc1)N1CCN(c2ccccc2O)CC1. The molecule has 6 heteroatoms. The van der Waals surface area contributed by atoms with Crippen LogP contribution in [-0.4, -0.2) is 49.2 Å². The van der Waals surface area contributed by atoms with E-state index in [1.807, 2.05) is 42.5 Å². The van der Waals surface area contributed by atoms with Gasteiger partial charge in [-0.3, -0.25) is 4.99 Å². The summed E-state index contributed by atoms with van der Waals surface area (Å²) in [5.74, 6) is 1.19. The van der Waals surface area contributed by atoms with Gasteiger partial charge < -0.3 is 20.2 Å². The van der Waals surface area contributed by atoms with Crippen molar-refractivity contribution in [2.24, 2.45) is 4.99 Å². The fourth-order valence-corrected chi connectivity index (χ4v) is 3.10. The molecular formula is C20H23N5O. The van der Waals surface area contributed by atoms with Crippen LogP contribution in [0.1, 0.15) is 11.1 Å². The molecule has 26 heavy (non-hydrogen) atoms. The molecule has 0 bridgehead atoms. The number of aromatic hydroxyl groups is 1. The molecule has 0 radical (unpaired) electrons. The standard InChI is InChI=1S/C20H23N5O/c1-22-20(23-15-17-8-6-16(14-21)7-9-17)25-12-10-24(11-13-25)18-4-2-3-5-19(18)26/h2-9,26H,10-13,15H2,1H3,(H,22,23). The van der Waals surface area contributed by atoms with Gasteiger partial charge in [0.1, 0.15) is 5.75 Å². The summed E-state index contributed by atoms with van der Waals surface area (Å²) >= 11 is 0. The molecule has 2 N–H and O–H groups in total. The van der Waals surface area contributed by atoms with E-state index in [1.54, 1.807) is 13.1 Å². The molecule has 134 valence electrons. The van der Waals surface area contributed by atoms with Gasteiger partial charge in [0.25, 0.3) is 0 Å². The molecule has 1 heterocycles. The highest BCUT2D eigenvalue weighted by Gasteiger charge is 2.21. The number of para-hydroxylation sites is 2. The summed E-state index contributed by atoms with van der Waals surface area (Å²) in [6.45, 7) is 3.99. The van der Waals surface area contributed by atoms with Gasteiger partial charge >= 0.3 is 0 Å². The molecule has 2 aromatic carbocycles. The molecule has 6 nitrogen and oxygen atoms in total. The lowest BCUT2D eigenvalue weighted by Crippen LogP contribution is -2.52. The Morgan fingerprint density at radius 1 is 1.12 bits per heavy atom. The van der Waals surface area contributed by atoms with Crippen molar-refractivity contribution < 1.29 is 5.11 Å². The van der Waals surface area contributed by atoms with E-state index in [2.05, 4.69) is 26.2 Å². The fraction of sp³-hybridized carbons (Fsp3) is 0.300. The van der Waals surface area contributed by atoms with Crippen LogP contribution in [0.25, 0.3) is 0 Å². The maximum atomic E-state index is 10.0. The summed E-state index contributed by atoms with van der Waals surface area (Å²) in [5.41, 5.74) is 2.66. The van der Waals surface area contributed by atoms with Gasteiger partial charge in [-0.2, -0.15) is 5.26 Å². The second kappa shape index (κ2) is 8.26. The number of phenols is 1. The molecule has 1 aliphatic rings. The Morgan fingerprint density at radius 2 is 1.81 bits per heavy atom. The van der Waals surface area contributed by atoms with Crippen LogP contribution in [0.4, 0.5) is 5.69 Å². The Balaban J connectivity index is 1.55.